The van der Waals surface area contributed by atoms with Crippen LogP contribution in [0.1, 0.15) is 52.5 Å². The number of halogens is 1. The first kappa shape index (κ1) is 24.0. The summed E-state index contributed by atoms with van der Waals surface area (Å²) in [6.45, 7) is 5.54. The van der Waals surface area contributed by atoms with Gasteiger partial charge in [0.1, 0.15) is 6.04 Å². The number of piperidine rings is 1. The maximum atomic E-state index is 12.9. The molecule has 0 radical (unpaired) electrons. The Labute approximate surface area is 197 Å². The van der Waals surface area contributed by atoms with Gasteiger partial charge in [-0.05, 0) is 61.9 Å². The fourth-order valence-electron chi connectivity index (χ4n) is 4.04. The van der Waals surface area contributed by atoms with Crippen molar-refractivity contribution in [3.63, 3.8) is 0 Å². The van der Waals surface area contributed by atoms with Crippen LogP contribution in [0.3, 0.4) is 0 Å². The molecule has 1 aliphatic rings. The van der Waals surface area contributed by atoms with Gasteiger partial charge < -0.3 is 15.5 Å². The molecule has 0 unspecified atom stereocenters. The summed E-state index contributed by atoms with van der Waals surface area (Å²) in [5, 5.41) is 5.90. The van der Waals surface area contributed by atoms with E-state index in [0.717, 1.165) is 16.5 Å². The van der Waals surface area contributed by atoms with Crippen LogP contribution < -0.4 is 10.6 Å². The first-order valence-electron chi connectivity index (χ1n) is 11.1. The van der Waals surface area contributed by atoms with E-state index in [0.29, 0.717) is 43.6 Å². The Balaban J connectivity index is 1.69. The molecular weight excluding hydrogens is 470 g/mol. The third kappa shape index (κ3) is 5.97. The summed E-state index contributed by atoms with van der Waals surface area (Å²) in [7, 11) is 0. The zero-order valence-corrected chi connectivity index (χ0v) is 20.2. The summed E-state index contributed by atoms with van der Waals surface area (Å²) >= 11 is 3.41. The third-order valence-corrected chi connectivity index (χ3v) is 6.37. The van der Waals surface area contributed by atoms with E-state index < -0.39 is 6.04 Å². The molecule has 6 nitrogen and oxygen atoms in total. The topological polar surface area (TPSA) is 78.5 Å². The summed E-state index contributed by atoms with van der Waals surface area (Å²) in [4.78, 5) is 40.5. The Morgan fingerprint density at radius 3 is 2.47 bits per heavy atom. The lowest BCUT2D eigenvalue weighted by atomic mass is 9.88. The Bertz CT molecular complexity index is 970. The molecule has 1 fully saturated rings. The number of carbonyl (C=O) groups is 3. The maximum absolute atomic E-state index is 12.9. The molecule has 7 heteroatoms. The van der Waals surface area contributed by atoms with E-state index in [1.165, 1.54) is 0 Å². The predicted molar refractivity (Wildman–Crippen MR) is 129 cm³/mol. The Morgan fingerprint density at radius 1 is 1.09 bits per heavy atom. The van der Waals surface area contributed by atoms with Crippen LogP contribution in [0.4, 0.5) is 0 Å². The largest absolute Gasteiger partial charge is 0.354 e. The SMILES string of the molecule is CCCNC(=O)[C@H](NC(=O)c1ccccc1C)C1CCN(C(=O)c2cccc(Br)c2)CC1. The first-order chi connectivity index (χ1) is 15.4. The van der Waals surface area contributed by atoms with Crippen molar-refractivity contribution in [3.8, 4) is 0 Å². The molecule has 2 aromatic rings. The second-order valence-corrected chi connectivity index (χ2v) is 9.11. The van der Waals surface area contributed by atoms with Crippen molar-refractivity contribution in [2.75, 3.05) is 19.6 Å². The molecule has 1 saturated heterocycles. The van der Waals surface area contributed by atoms with Crippen molar-refractivity contribution in [1.29, 1.82) is 0 Å². The minimum atomic E-state index is -0.628. The second-order valence-electron chi connectivity index (χ2n) is 8.20. The molecule has 0 aromatic heterocycles. The standard InChI is InChI=1S/C25H30BrN3O3/c1-3-13-27-24(31)22(28-23(30)21-10-5-4-7-17(21)2)18-11-14-29(15-12-18)25(32)19-8-6-9-20(26)16-19/h4-10,16,18,22H,3,11-15H2,1-2H3,(H,27,31)(H,28,30)/t22-/m1/s1. The molecule has 0 saturated carbocycles. The molecule has 3 amide bonds. The van der Waals surface area contributed by atoms with Crippen molar-refractivity contribution < 1.29 is 14.4 Å². The van der Waals surface area contributed by atoms with E-state index in [9.17, 15) is 14.4 Å². The van der Waals surface area contributed by atoms with E-state index in [2.05, 4.69) is 26.6 Å². The van der Waals surface area contributed by atoms with E-state index in [4.69, 9.17) is 0 Å². The lowest BCUT2D eigenvalue weighted by molar-refractivity contribution is -0.124. The van der Waals surface area contributed by atoms with Gasteiger partial charge in [-0.2, -0.15) is 0 Å². The van der Waals surface area contributed by atoms with Crippen molar-refractivity contribution in [1.82, 2.24) is 15.5 Å². The molecule has 3 rings (SSSR count). The van der Waals surface area contributed by atoms with Gasteiger partial charge in [0.25, 0.3) is 11.8 Å². The van der Waals surface area contributed by atoms with Crippen LogP contribution in [0, 0.1) is 12.8 Å². The molecule has 170 valence electrons. The lowest BCUT2D eigenvalue weighted by Gasteiger charge is -2.36. The van der Waals surface area contributed by atoms with Crippen LogP contribution in [0.2, 0.25) is 0 Å². The Kier molecular flexibility index (Phi) is 8.45. The minimum Gasteiger partial charge on any atom is -0.354 e. The van der Waals surface area contributed by atoms with Crippen molar-refractivity contribution in [2.45, 2.75) is 39.2 Å². The van der Waals surface area contributed by atoms with Gasteiger partial charge >= 0.3 is 0 Å². The number of likely N-dealkylation sites (tertiary alicyclic amines) is 1. The number of hydrogen-bond acceptors (Lipinski definition) is 3. The summed E-state index contributed by atoms with van der Waals surface area (Å²) in [6.07, 6.45) is 2.12. The van der Waals surface area contributed by atoms with Gasteiger partial charge in [-0.25, -0.2) is 0 Å². The van der Waals surface area contributed by atoms with Crippen LogP contribution in [0.25, 0.3) is 0 Å². The van der Waals surface area contributed by atoms with Crippen molar-refractivity contribution in [3.05, 3.63) is 69.7 Å². The summed E-state index contributed by atoms with van der Waals surface area (Å²) < 4.78 is 0.866. The van der Waals surface area contributed by atoms with Gasteiger partial charge in [-0.1, -0.05) is 47.1 Å². The van der Waals surface area contributed by atoms with Crippen LogP contribution in [0.5, 0.6) is 0 Å². The minimum absolute atomic E-state index is 0.0133. The highest BCUT2D eigenvalue weighted by Gasteiger charge is 2.34. The van der Waals surface area contributed by atoms with Crippen LogP contribution in [-0.2, 0) is 4.79 Å². The van der Waals surface area contributed by atoms with E-state index in [1.807, 2.05) is 61.2 Å². The molecular formula is C25H30BrN3O3. The number of carbonyl (C=O) groups excluding carboxylic acids is 3. The number of nitrogens with one attached hydrogen (secondary N) is 2. The number of benzene rings is 2. The van der Waals surface area contributed by atoms with Gasteiger partial charge in [0.15, 0.2) is 0 Å². The summed E-state index contributed by atoms with van der Waals surface area (Å²) in [5.41, 5.74) is 2.08. The Morgan fingerprint density at radius 2 is 1.81 bits per heavy atom. The second kappa shape index (κ2) is 11.3. The number of amides is 3. The average Bonchev–Trinajstić information content (AvgIpc) is 2.81. The highest BCUT2D eigenvalue weighted by molar-refractivity contribution is 9.10. The lowest BCUT2D eigenvalue weighted by Crippen LogP contribution is -2.54. The molecule has 0 bridgehead atoms. The van der Waals surface area contributed by atoms with Crippen molar-refractivity contribution in [2.24, 2.45) is 5.92 Å². The fourth-order valence-corrected chi connectivity index (χ4v) is 4.44. The van der Waals surface area contributed by atoms with Gasteiger partial charge in [-0.3, -0.25) is 14.4 Å². The van der Waals surface area contributed by atoms with E-state index >= 15 is 0 Å². The van der Waals surface area contributed by atoms with Crippen LogP contribution >= 0.6 is 15.9 Å². The first-order valence-corrected chi connectivity index (χ1v) is 11.9. The Hall–Kier alpha value is -2.67. The molecule has 2 aromatic carbocycles. The summed E-state index contributed by atoms with van der Waals surface area (Å²) in [5.74, 6) is -0.454. The van der Waals surface area contributed by atoms with Crippen LogP contribution in [-0.4, -0.2) is 48.3 Å². The third-order valence-electron chi connectivity index (χ3n) is 5.88. The molecule has 2 N–H and O–H groups in total. The van der Waals surface area contributed by atoms with E-state index in [1.54, 1.807) is 6.07 Å². The van der Waals surface area contributed by atoms with Gasteiger partial charge in [-0.15, -0.1) is 0 Å². The quantitative estimate of drug-likeness (QED) is 0.605. The van der Waals surface area contributed by atoms with Gasteiger partial charge in [0, 0.05) is 35.2 Å². The number of hydrogen-bond donors (Lipinski definition) is 2. The normalized spacial score (nSPS) is 15.2. The highest BCUT2D eigenvalue weighted by Crippen LogP contribution is 2.24. The molecule has 0 spiro atoms. The average molecular weight is 500 g/mol. The van der Waals surface area contributed by atoms with Crippen LogP contribution in [0.15, 0.2) is 53.0 Å². The number of nitrogens with zero attached hydrogens (tertiary/aromatic N) is 1. The monoisotopic (exact) mass is 499 g/mol. The van der Waals surface area contributed by atoms with Gasteiger partial charge in [0.05, 0.1) is 0 Å². The predicted octanol–water partition coefficient (Wildman–Crippen LogP) is 3.93. The number of aryl methyl sites for hydroxylation is 1. The number of rotatable bonds is 7. The zero-order valence-electron chi connectivity index (χ0n) is 18.6. The molecule has 0 aliphatic carbocycles. The smallest absolute Gasteiger partial charge is 0.253 e. The summed E-state index contributed by atoms with van der Waals surface area (Å²) in [6, 6.07) is 14.1. The molecule has 1 aliphatic heterocycles. The maximum Gasteiger partial charge on any atom is 0.253 e. The molecule has 1 atom stereocenters. The molecule has 32 heavy (non-hydrogen) atoms. The zero-order chi connectivity index (χ0) is 23.1. The van der Waals surface area contributed by atoms with Gasteiger partial charge in [0.2, 0.25) is 5.91 Å². The van der Waals surface area contributed by atoms with Crippen molar-refractivity contribution >= 4 is 33.7 Å². The highest BCUT2D eigenvalue weighted by atomic mass is 79.9. The fraction of sp³-hybridized carbons (Fsp3) is 0.400. The van der Waals surface area contributed by atoms with E-state index in [-0.39, 0.29) is 23.6 Å². The molecule has 1 heterocycles.